The number of esters is 1. The van der Waals surface area contributed by atoms with E-state index in [4.69, 9.17) is 4.74 Å². The third kappa shape index (κ3) is 8.53. The van der Waals surface area contributed by atoms with Gasteiger partial charge in [0.25, 0.3) is 0 Å². The minimum absolute atomic E-state index is 0.194. The van der Waals surface area contributed by atoms with Crippen LogP contribution in [0, 0.1) is 0 Å². The average Bonchev–Trinajstić information content (AvgIpc) is 2.87. The van der Waals surface area contributed by atoms with E-state index in [2.05, 4.69) is 45.9 Å². The van der Waals surface area contributed by atoms with Crippen LogP contribution in [0.4, 0.5) is 0 Å². The van der Waals surface area contributed by atoms with Crippen LogP contribution in [0.5, 0.6) is 0 Å². The van der Waals surface area contributed by atoms with E-state index in [-0.39, 0.29) is 5.97 Å². The molecule has 0 amide bonds. The lowest BCUT2D eigenvalue weighted by atomic mass is 9.92. The van der Waals surface area contributed by atoms with Gasteiger partial charge in [-0.3, -0.25) is 4.79 Å². The molecule has 0 radical (unpaired) electrons. The highest BCUT2D eigenvalue weighted by molar-refractivity contribution is 5.72. The first kappa shape index (κ1) is 21.7. The second-order valence-corrected chi connectivity index (χ2v) is 7.84. The van der Waals surface area contributed by atoms with Crippen LogP contribution in [0.25, 0.3) is 0 Å². The number of allylic oxidation sites excluding steroid dienone is 6. The van der Waals surface area contributed by atoms with Gasteiger partial charge in [0, 0.05) is 6.42 Å². The van der Waals surface area contributed by atoms with Crippen LogP contribution in [0.2, 0.25) is 0 Å². The van der Waals surface area contributed by atoms with Gasteiger partial charge in [-0.2, -0.15) is 0 Å². The molecule has 3 heteroatoms. The van der Waals surface area contributed by atoms with Crippen molar-refractivity contribution in [3.05, 3.63) is 34.9 Å². The molecule has 0 bridgehead atoms. The van der Waals surface area contributed by atoms with Crippen molar-refractivity contribution in [2.75, 3.05) is 0 Å². The molecule has 0 saturated carbocycles. The van der Waals surface area contributed by atoms with Gasteiger partial charge in [-0.1, -0.05) is 34.9 Å². The van der Waals surface area contributed by atoms with E-state index in [0.29, 0.717) is 19.3 Å². The maximum atomic E-state index is 11.3. The Balaban J connectivity index is 2.27. The highest BCUT2D eigenvalue weighted by Crippen LogP contribution is 2.31. The number of hydrogen-bond acceptors (Lipinski definition) is 3. The highest BCUT2D eigenvalue weighted by Gasteiger charge is 2.41. The van der Waals surface area contributed by atoms with E-state index in [1.54, 1.807) is 0 Å². The molecule has 1 N–H and O–H groups in total. The van der Waals surface area contributed by atoms with Crippen molar-refractivity contribution in [3.8, 4) is 0 Å². The molecule has 0 spiro atoms. The minimum atomic E-state index is -0.691. The molecular weight excluding hydrogens is 312 g/mol. The molecule has 0 aromatic rings. The Morgan fingerprint density at radius 2 is 1.64 bits per heavy atom. The number of aliphatic hydroxyl groups is 1. The molecule has 25 heavy (non-hydrogen) atoms. The lowest BCUT2D eigenvalue weighted by Crippen LogP contribution is -2.38. The summed E-state index contributed by atoms with van der Waals surface area (Å²) in [6.07, 6.45) is 13.1. The van der Waals surface area contributed by atoms with Crippen LogP contribution in [-0.4, -0.2) is 22.8 Å². The first-order valence-electron chi connectivity index (χ1n) is 9.57. The van der Waals surface area contributed by atoms with Crippen molar-refractivity contribution in [2.45, 2.75) is 97.7 Å². The summed E-state index contributed by atoms with van der Waals surface area (Å²) in [5.41, 5.74) is 3.50. The van der Waals surface area contributed by atoms with Crippen LogP contribution >= 0.6 is 0 Å². The van der Waals surface area contributed by atoms with Gasteiger partial charge in [0.1, 0.15) is 5.60 Å². The number of carbonyl (C=O) groups excluding carboxylic acids is 1. The molecule has 1 saturated heterocycles. The molecule has 1 heterocycles. The minimum Gasteiger partial charge on any atom is -0.457 e. The van der Waals surface area contributed by atoms with Gasteiger partial charge in [-0.25, -0.2) is 0 Å². The molecule has 3 nitrogen and oxygen atoms in total. The zero-order chi connectivity index (χ0) is 18.9. The SMILES string of the molecule is CC(C)=CCC/C(C)=C/CC/C(C)=C/CC[C@@H](O)[C@]1(C)CCC(=O)O1. The molecule has 0 aromatic heterocycles. The Bertz CT molecular complexity index is 523. The lowest BCUT2D eigenvalue weighted by Gasteiger charge is -2.28. The summed E-state index contributed by atoms with van der Waals surface area (Å²) in [7, 11) is 0. The number of carbonyl (C=O) groups is 1. The zero-order valence-electron chi connectivity index (χ0n) is 16.7. The molecule has 142 valence electrons. The van der Waals surface area contributed by atoms with E-state index in [1.807, 2.05) is 6.92 Å². The Morgan fingerprint density at radius 3 is 2.16 bits per heavy atom. The summed E-state index contributed by atoms with van der Waals surface area (Å²) in [5.74, 6) is -0.194. The molecule has 2 atom stereocenters. The van der Waals surface area contributed by atoms with Crippen LogP contribution in [0.1, 0.15) is 86.0 Å². The van der Waals surface area contributed by atoms with E-state index in [1.165, 1.54) is 16.7 Å². The molecule has 0 unspecified atom stereocenters. The van der Waals surface area contributed by atoms with Crippen LogP contribution in [-0.2, 0) is 9.53 Å². The summed E-state index contributed by atoms with van der Waals surface area (Å²) in [5, 5.41) is 10.3. The van der Waals surface area contributed by atoms with Crippen LogP contribution in [0.15, 0.2) is 34.9 Å². The number of ether oxygens (including phenoxy) is 1. The third-order valence-electron chi connectivity index (χ3n) is 4.93. The molecule has 0 aromatic carbocycles. The van der Waals surface area contributed by atoms with Gasteiger partial charge in [0.2, 0.25) is 0 Å². The predicted molar refractivity (Wildman–Crippen MR) is 104 cm³/mol. The van der Waals surface area contributed by atoms with Crippen molar-refractivity contribution in [1.82, 2.24) is 0 Å². The number of hydrogen-bond donors (Lipinski definition) is 1. The number of aliphatic hydroxyl groups excluding tert-OH is 1. The summed E-state index contributed by atoms with van der Waals surface area (Å²) in [6, 6.07) is 0. The van der Waals surface area contributed by atoms with Crippen molar-refractivity contribution in [2.24, 2.45) is 0 Å². The van der Waals surface area contributed by atoms with Gasteiger partial charge in [0.15, 0.2) is 0 Å². The fraction of sp³-hybridized carbons (Fsp3) is 0.682. The fourth-order valence-electron chi connectivity index (χ4n) is 3.08. The van der Waals surface area contributed by atoms with E-state index >= 15 is 0 Å². The molecular formula is C22H36O3. The number of rotatable bonds is 10. The van der Waals surface area contributed by atoms with Gasteiger partial charge in [0.05, 0.1) is 6.10 Å². The van der Waals surface area contributed by atoms with Gasteiger partial charge in [-0.05, 0) is 79.6 Å². The second-order valence-electron chi connectivity index (χ2n) is 7.84. The summed E-state index contributed by atoms with van der Waals surface area (Å²) >= 11 is 0. The van der Waals surface area contributed by atoms with Gasteiger partial charge >= 0.3 is 5.97 Å². The highest BCUT2D eigenvalue weighted by atomic mass is 16.6. The number of cyclic esters (lactones) is 1. The van der Waals surface area contributed by atoms with Gasteiger partial charge < -0.3 is 9.84 Å². The summed E-state index contributed by atoms with van der Waals surface area (Å²) in [6.45, 7) is 10.5. The van der Waals surface area contributed by atoms with E-state index < -0.39 is 11.7 Å². The first-order chi connectivity index (χ1) is 11.7. The maximum Gasteiger partial charge on any atom is 0.306 e. The van der Waals surface area contributed by atoms with E-state index in [0.717, 1.165) is 32.1 Å². The van der Waals surface area contributed by atoms with Crippen molar-refractivity contribution >= 4 is 5.97 Å². The normalized spacial score (nSPS) is 22.7. The van der Waals surface area contributed by atoms with Crippen molar-refractivity contribution in [3.63, 3.8) is 0 Å². The van der Waals surface area contributed by atoms with Crippen molar-refractivity contribution < 1.29 is 14.6 Å². The summed E-state index contributed by atoms with van der Waals surface area (Å²) < 4.78 is 5.28. The molecule has 1 aliphatic heterocycles. The zero-order valence-corrected chi connectivity index (χ0v) is 16.7. The largest absolute Gasteiger partial charge is 0.457 e. The summed E-state index contributed by atoms with van der Waals surface area (Å²) in [4.78, 5) is 11.3. The average molecular weight is 349 g/mol. The maximum absolute atomic E-state index is 11.3. The lowest BCUT2D eigenvalue weighted by molar-refractivity contribution is -0.156. The molecule has 0 aliphatic carbocycles. The van der Waals surface area contributed by atoms with Crippen LogP contribution < -0.4 is 0 Å². The first-order valence-corrected chi connectivity index (χ1v) is 9.57. The smallest absolute Gasteiger partial charge is 0.306 e. The second kappa shape index (κ2) is 10.6. The Labute approximate surface area is 153 Å². The predicted octanol–water partition coefficient (Wildman–Crippen LogP) is 5.64. The Hall–Kier alpha value is -1.35. The quantitative estimate of drug-likeness (QED) is 0.410. The van der Waals surface area contributed by atoms with Crippen molar-refractivity contribution in [1.29, 1.82) is 0 Å². The molecule has 1 fully saturated rings. The standard InChI is InChI=1S/C22H36O3/c1-17(2)9-6-10-18(3)11-7-12-19(4)13-8-14-20(23)22(5)16-15-21(24)25-22/h9,11,13,20,23H,6-8,10,12,14-16H2,1-5H3/b18-11+,19-13+/t20-,22+/m1/s1. The van der Waals surface area contributed by atoms with Crippen LogP contribution in [0.3, 0.4) is 0 Å². The van der Waals surface area contributed by atoms with Gasteiger partial charge in [-0.15, -0.1) is 0 Å². The topological polar surface area (TPSA) is 46.5 Å². The Kier molecular flexibility index (Phi) is 9.20. The third-order valence-corrected chi connectivity index (χ3v) is 4.93. The molecule has 1 rings (SSSR count). The monoisotopic (exact) mass is 348 g/mol. The molecule has 1 aliphatic rings. The Morgan fingerprint density at radius 1 is 1.08 bits per heavy atom. The van der Waals surface area contributed by atoms with E-state index in [9.17, 15) is 9.90 Å². The fourth-order valence-corrected chi connectivity index (χ4v) is 3.08.